The Labute approximate surface area is 106 Å². The molecule has 96 valence electrons. The summed E-state index contributed by atoms with van der Waals surface area (Å²) in [6, 6.07) is 6.12. The molecule has 0 radical (unpaired) electrons. The number of hydrogen-bond donors (Lipinski definition) is 2. The molecule has 4 atom stereocenters. The second-order valence-corrected chi connectivity index (χ2v) is 6.12. The van der Waals surface area contributed by atoms with Gasteiger partial charge in [-0.15, -0.1) is 0 Å². The van der Waals surface area contributed by atoms with E-state index in [0.29, 0.717) is 0 Å². The van der Waals surface area contributed by atoms with Crippen LogP contribution in [0.25, 0.3) is 0 Å². The van der Waals surface area contributed by atoms with Crippen LogP contribution < -0.4 is 5.73 Å². The lowest BCUT2D eigenvalue weighted by molar-refractivity contribution is 0.196. The van der Waals surface area contributed by atoms with Crippen LogP contribution in [0.5, 0.6) is 0 Å². The summed E-state index contributed by atoms with van der Waals surface area (Å²) >= 11 is 1.65. The number of aliphatic hydroxyl groups excluding tert-OH is 1. The van der Waals surface area contributed by atoms with Crippen LogP contribution in [0.15, 0.2) is 24.3 Å². The molecule has 0 aliphatic carbocycles. The van der Waals surface area contributed by atoms with Crippen molar-refractivity contribution in [3.05, 3.63) is 35.6 Å². The first kappa shape index (κ1) is 14.5. The number of benzene rings is 1. The number of thioether (sulfide) groups is 1. The van der Waals surface area contributed by atoms with Gasteiger partial charge in [-0.3, -0.25) is 0 Å². The van der Waals surface area contributed by atoms with Gasteiger partial charge in [-0.25, -0.2) is 4.39 Å². The summed E-state index contributed by atoms with van der Waals surface area (Å²) in [4.78, 5) is 0. The minimum absolute atomic E-state index is 0.136. The van der Waals surface area contributed by atoms with E-state index in [1.165, 1.54) is 12.1 Å². The molecule has 1 rings (SSSR count). The summed E-state index contributed by atoms with van der Waals surface area (Å²) in [6.07, 6.45) is -0.358. The van der Waals surface area contributed by atoms with E-state index in [1.807, 2.05) is 13.8 Å². The summed E-state index contributed by atoms with van der Waals surface area (Å²) in [5, 5.41) is 9.75. The lowest BCUT2D eigenvalue weighted by Gasteiger charge is -2.24. The normalized spacial score (nSPS) is 18.5. The van der Waals surface area contributed by atoms with Gasteiger partial charge < -0.3 is 10.8 Å². The second kappa shape index (κ2) is 6.38. The van der Waals surface area contributed by atoms with Crippen molar-refractivity contribution in [2.45, 2.75) is 43.4 Å². The Balaban J connectivity index is 2.63. The lowest BCUT2D eigenvalue weighted by atomic mass is 10.1. The first-order chi connectivity index (χ1) is 7.91. The third-order valence-corrected chi connectivity index (χ3v) is 4.41. The van der Waals surface area contributed by atoms with Gasteiger partial charge in [-0.05, 0) is 24.6 Å². The fourth-order valence-electron chi connectivity index (χ4n) is 1.49. The molecule has 0 heterocycles. The fourth-order valence-corrected chi connectivity index (χ4v) is 2.72. The van der Waals surface area contributed by atoms with Crippen LogP contribution in [0, 0.1) is 5.82 Å². The van der Waals surface area contributed by atoms with Crippen LogP contribution in [0.4, 0.5) is 4.39 Å². The number of hydrogen-bond acceptors (Lipinski definition) is 3. The zero-order chi connectivity index (χ0) is 13.0. The smallest absolute Gasteiger partial charge is 0.123 e. The molecule has 0 saturated heterocycles. The summed E-state index contributed by atoms with van der Waals surface area (Å²) in [6.45, 7) is 5.77. The highest BCUT2D eigenvalue weighted by Crippen LogP contribution is 2.28. The number of aliphatic hydroxyl groups is 1. The third-order valence-electron chi connectivity index (χ3n) is 2.87. The van der Waals surface area contributed by atoms with Crippen molar-refractivity contribution in [3.8, 4) is 0 Å². The van der Waals surface area contributed by atoms with Gasteiger partial charge >= 0.3 is 0 Å². The SMILES string of the molecule is CC(O)C(C)SC(C)C(N)c1ccc(F)cc1. The average molecular weight is 257 g/mol. The molecule has 0 spiro atoms. The minimum Gasteiger partial charge on any atom is -0.392 e. The average Bonchev–Trinajstić information content (AvgIpc) is 2.28. The number of nitrogens with two attached hydrogens (primary N) is 1. The van der Waals surface area contributed by atoms with Crippen LogP contribution in [0.1, 0.15) is 32.4 Å². The van der Waals surface area contributed by atoms with E-state index in [0.717, 1.165) is 5.56 Å². The molecule has 4 heteroatoms. The maximum absolute atomic E-state index is 12.8. The molecule has 3 N–H and O–H groups in total. The van der Waals surface area contributed by atoms with Crippen molar-refractivity contribution < 1.29 is 9.50 Å². The topological polar surface area (TPSA) is 46.2 Å². The molecule has 1 aromatic carbocycles. The fraction of sp³-hybridized carbons (Fsp3) is 0.538. The van der Waals surface area contributed by atoms with Crippen LogP contribution in [-0.2, 0) is 0 Å². The molecule has 0 amide bonds. The quantitative estimate of drug-likeness (QED) is 0.852. The van der Waals surface area contributed by atoms with Gasteiger partial charge in [0, 0.05) is 16.5 Å². The maximum atomic E-state index is 12.8. The molecule has 0 bridgehead atoms. The van der Waals surface area contributed by atoms with Gasteiger partial charge in [0.1, 0.15) is 5.82 Å². The monoisotopic (exact) mass is 257 g/mol. The van der Waals surface area contributed by atoms with Crippen molar-refractivity contribution in [2.75, 3.05) is 0 Å². The minimum atomic E-state index is -0.358. The van der Waals surface area contributed by atoms with E-state index >= 15 is 0 Å². The Morgan fingerprint density at radius 2 is 1.65 bits per heavy atom. The van der Waals surface area contributed by atoms with Gasteiger partial charge in [-0.1, -0.05) is 26.0 Å². The van der Waals surface area contributed by atoms with Gasteiger partial charge in [-0.2, -0.15) is 11.8 Å². The van der Waals surface area contributed by atoms with Crippen LogP contribution in [-0.4, -0.2) is 21.7 Å². The van der Waals surface area contributed by atoms with Gasteiger partial charge in [0.05, 0.1) is 6.10 Å². The van der Waals surface area contributed by atoms with E-state index in [1.54, 1.807) is 30.8 Å². The highest BCUT2D eigenvalue weighted by Gasteiger charge is 2.20. The Morgan fingerprint density at radius 3 is 2.12 bits per heavy atom. The molecular formula is C13H20FNOS. The number of rotatable bonds is 5. The molecule has 1 aromatic rings. The predicted molar refractivity (Wildman–Crippen MR) is 71.5 cm³/mol. The summed E-state index contributed by atoms with van der Waals surface area (Å²) < 4.78 is 12.8. The van der Waals surface area contributed by atoms with Crippen molar-refractivity contribution in [1.82, 2.24) is 0 Å². The second-order valence-electron chi connectivity index (χ2n) is 4.36. The van der Waals surface area contributed by atoms with E-state index in [4.69, 9.17) is 5.73 Å². The Kier molecular flexibility index (Phi) is 5.43. The largest absolute Gasteiger partial charge is 0.392 e. The van der Waals surface area contributed by atoms with Crippen LogP contribution in [0.3, 0.4) is 0 Å². The molecule has 0 fully saturated rings. The first-order valence-corrected chi connectivity index (χ1v) is 6.70. The van der Waals surface area contributed by atoms with Crippen molar-refractivity contribution >= 4 is 11.8 Å². The highest BCUT2D eigenvalue weighted by atomic mass is 32.2. The van der Waals surface area contributed by atoms with E-state index in [2.05, 4.69) is 0 Å². The summed E-state index contributed by atoms with van der Waals surface area (Å²) in [5.41, 5.74) is 7.03. The summed E-state index contributed by atoms with van der Waals surface area (Å²) in [5.74, 6) is -0.251. The summed E-state index contributed by atoms with van der Waals surface area (Å²) in [7, 11) is 0. The molecule has 17 heavy (non-hydrogen) atoms. The van der Waals surface area contributed by atoms with E-state index in [9.17, 15) is 9.50 Å². The zero-order valence-corrected chi connectivity index (χ0v) is 11.2. The Morgan fingerprint density at radius 1 is 1.12 bits per heavy atom. The van der Waals surface area contributed by atoms with Gasteiger partial charge in [0.2, 0.25) is 0 Å². The van der Waals surface area contributed by atoms with E-state index < -0.39 is 0 Å². The predicted octanol–water partition coefficient (Wildman–Crippen LogP) is 2.72. The molecule has 0 aromatic heterocycles. The third kappa shape index (κ3) is 4.30. The number of halogens is 1. The van der Waals surface area contributed by atoms with Crippen molar-refractivity contribution in [1.29, 1.82) is 0 Å². The zero-order valence-electron chi connectivity index (χ0n) is 10.4. The first-order valence-electron chi connectivity index (χ1n) is 5.76. The Hall–Kier alpha value is -0.580. The van der Waals surface area contributed by atoms with Gasteiger partial charge in [0.15, 0.2) is 0 Å². The van der Waals surface area contributed by atoms with E-state index in [-0.39, 0.29) is 28.5 Å². The van der Waals surface area contributed by atoms with Gasteiger partial charge in [0.25, 0.3) is 0 Å². The highest BCUT2D eigenvalue weighted by molar-refractivity contribution is 8.00. The lowest BCUT2D eigenvalue weighted by Crippen LogP contribution is -2.26. The maximum Gasteiger partial charge on any atom is 0.123 e. The standard InChI is InChI=1S/C13H20FNOS/c1-8(16)9(2)17-10(3)13(15)11-4-6-12(14)7-5-11/h4-10,13,16H,15H2,1-3H3. The van der Waals surface area contributed by atoms with Crippen LogP contribution in [0.2, 0.25) is 0 Å². The molecule has 2 nitrogen and oxygen atoms in total. The molecule has 0 aliphatic heterocycles. The molecule has 4 unspecified atom stereocenters. The van der Waals surface area contributed by atoms with Crippen molar-refractivity contribution in [2.24, 2.45) is 5.73 Å². The van der Waals surface area contributed by atoms with Crippen molar-refractivity contribution in [3.63, 3.8) is 0 Å². The Bertz CT molecular complexity index is 342. The molecule has 0 aliphatic rings. The molecular weight excluding hydrogens is 237 g/mol. The van der Waals surface area contributed by atoms with Crippen LogP contribution >= 0.6 is 11.8 Å². The molecule has 0 saturated carbocycles.